The number of nitrogens with one attached hydrogen (secondary N) is 1. The Balaban J connectivity index is 1.42. The molecule has 2 aromatic carbocycles. The molecule has 2 aromatic rings. The maximum absolute atomic E-state index is 13.2. The summed E-state index contributed by atoms with van der Waals surface area (Å²) in [5, 5.41) is 4.65. The van der Waals surface area contributed by atoms with Gasteiger partial charge in [-0.25, -0.2) is 4.79 Å². The third-order valence-corrected chi connectivity index (χ3v) is 7.42. The first-order valence-corrected chi connectivity index (χ1v) is 12.4. The van der Waals surface area contributed by atoms with Crippen LogP contribution in [0.4, 0.5) is 18.0 Å². The maximum atomic E-state index is 13.2. The minimum Gasteiger partial charge on any atom is -0.351 e. The van der Waals surface area contributed by atoms with Gasteiger partial charge < -0.3 is 15.1 Å². The van der Waals surface area contributed by atoms with E-state index >= 15 is 0 Å². The molecular formula is C25H26Cl2F3N3O3. The lowest BCUT2D eigenvalue weighted by Gasteiger charge is -2.35. The zero-order chi connectivity index (χ0) is 26.0. The number of hydrogen-bond acceptors (Lipinski definition) is 4. The lowest BCUT2D eigenvalue weighted by Crippen LogP contribution is -2.47. The van der Waals surface area contributed by atoms with Gasteiger partial charge in [0.2, 0.25) is 5.91 Å². The molecule has 194 valence electrons. The van der Waals surface area contributed by atoms with Crippen molar-refractivity contribution in [3.63, 3.8) is 0 Å². The van der Waals surface area contributed by atoms with Crippen molar-refractivity contribution in [3.05, 3.63) is 57.6 Å². The van der Waals surface area contributed by atoms with E-state index in [-0.39, 0.29) is 17.9 Å². The normalized spacial score (nSPS) is 19.6. The molecule has 1 N–H and O–H groups in total. The number of hydrogen-bond donors (Lipinski definition) is 1. The Hall–Kier alpha value is -2.49. The topological polar surface area (TPSA) is 61.9 Å². The summed E-state index contributed by atoms with van der Waals surface area (Å²) in [6, 6.07) is 8.24. The zero-order valence-corrected chi connectivity index (χ0v) is 21.1. The molecule has 2 aliphatic heterocycles. The molecule has 0 aromatic heterocycles. The van der Waals surface area contributed by atoms with Crippen molar-refractivity contribution in [3.8, 4) is 11.1 Å². The Labute approximate surface area is 217 Å². The highest BCUT2D eigenvalue weighted by Gasteiger charge is 2.38. The number of nitrogens with zero attached hydrogens (tertiary/aromatic N) is 2. The number of alkyl halides is 3. The van der Waals surface area contributed by atoms with Gasteiger partial charge in [-0.3, -0.25) is 4.79 Å². The van der Waals surface area contributed by atoms with E-state index in [1.807, 2.05) is 4.90 Å². The molecule has 1 atom stereocenters. The van der Waals surface area contributed by atoms with Gasteiger partial charge in [0.05, 0.1) is 5.56 Å². The molecule has 0 saturated carbocycles. The van der Waals surface area contributed by atoms with E-state index < -0.39 is 17.8 Å². The Morgan fingerprint density at radius 2 is 1.72 bits per heavy atom. The first kappa shape index (κ1) is 26.6. The molecule has 0 bridgehead atoms. The number of piperidine rings is 1. The van der Waals surface area contributed by atoms with Gasteiger partial charge in [-0.1, -0.05) is 35.3 Å². The highest BCUT2D eigenvalue weighted by Crippen LogP contribution is 2.38. The quantitative estimate of drug-likeness (QED) is 0.517. The number of likely N-dealkylation sites (tertiary alicyclic amines) is 1. The van der Waals surface area contributed by atoms with E-state index in [0.717, 1.165) is 12.1 Å². The van der Waals surface area contributed by atoms with Crippen molar-refractivity contribution >= 4 is 35.2 Å². The van der Waals surface area contributed by atoms with Crippen LogP contribution in [0, 0.1) is 5.92 Å². The van der Waals surface area contributed by atoms with Crippen molar-refractivity contribution in [2.45, 2.75) is 37.9 Å². The first-order chi connectivity index (χ1) is 17.1. The molecule has 2 fully saturated rings. The summed E-state index contributed by atoms with van der Waals surface area (Å²) in [6.45, 7) is 1.71. The molecule has 0 radical (unpaired) electrons. The molecule has 2 amide bonds. The molecule has 11 heteroatoms. The number of rotatable bonds is 5. The maximum Gasteiger partial charge on any atom is 0.426 e. The van der Waals surface area contributed by atoms with Crippen LogP contribution < -0.4 is 5.32 Å². The Kier molecular flexibility index (Phi) is 8.02. The lowest BCUT2D eigenvalue weighted by molar-refractivity contribution is -0.141. The second kappa shape index (κ2) is 10.9. The molecule has 4 rings (SSSR count). The molecule has 2 aliphatic rings. The van der Waals surface area contributed by atoms with Crippen molar-refractivity contribution in [2.75, 3.05) is 26.7 Å². The van der Waals surface area contributed by atoms with Crippen molar-refractivity contribution in [1.82, 2.24) is 15.3 Å². The predicted octanol–water partition coefficient (Wildman–Crippen LogP) is 5.81. The van der Waals surface area contributed by atoms with Crippen molar-refractivity contribution in [1.29, 1.82) is 0 Å². The largest absolute Gasteiger partial charge is 0.426 e. The second-order valence-corrected chi connectivity index (χ2v) is 9.82. The summed E-state index contributed by atoms with van der Waals surface area (Å²) in [5.41, 5.74) is 0.696. The van der Waals surface area contributed by atoms with Gasteiger partial charge in [0.25, 0.3) is 0 Å². The summed E-state index contributed by atoms with van der Waals surface area (Å²) in [4.78, 5) is 31.6. The van der Waals surface area contributed by atoms with Crippen LogP contribution in [0.1, 0.15) is 30.4 Å². The molecular weight excluding hydrogens is 518 g/mol. The van der Waals surface area contributed by atoms with Crippen LogP contribution in [0.5, 0.6) is 0 Å². The average Bonchev–Trinajstić information content (AvgIpc) is 3.21. The molecule has 2 heterocycles. The lowest BCUT2D eigenvalue weighted by atomic mass is 9.95. The third kappa shape index (κ3) is 5.90. The Morgan fingerprint density at radius 3 is 2.33 bits per heavy atom. The van der Waals surface area contributed by atoms with Crippen LogP contribution in [0.2, 0.25) is 10.0 Å². The minimum atomic E-state index is -4.45. The number of carbonyl (C=O) groups is 2. The summed E-state index contributed by atoms with van der Waals surface area (Å²) < 4.78 is 39.3. The van der Waals surface area contributed by atoms with Crippen LogP contribution in [0.15, 0.2) is 36.4 Å². The summed E-state index contributed by atoms with van der Waals surface area (Å²) >= 11 is 13.0. The minimum absolute atomic E-state index is 0.0368. The first-order valence-electron chi connectivity index (χ1n) is 11.7. The monoisotopic (exact) mass is 543 g/mol. The van der Waals surface area contributed by atoms with E-state index in [4.69, 9.17) is 28.0 Å². The van der Waals surface area contributed by atoms with E-state index in [2.05, 4.69) is 5.32 Å². The number of carbonyl (C=O) groups excluding carboxylic acids is 2. The van der Waals surface area contributed by atoms with Crippen molar-refractivity contribution in [2.24, 2.45) is 5.92 Å². The highest BCUT2D eigenvalue weighted by molar-refractivity contribution is 6.36. The van der Waals surface area contributed by atoms with Crippen LogP contribution in [0.25, 0.3) is 11.1 Å². The van der Waals surface area contributed by atoms with Gasteiger partial charge in [-0.2, -0.15) is 13.2 Å². The van der Waals surface area contributed by atoms with Crippen LogP contribution in [0.3, 0.4) is 0 Å². The zero-order valence-electron chi connectivity index (χ0n) is 19.6. The summed E-state index contributed by atoms with van der Waals surface area (Å²) in [5.74, 6) is -0.241. The standard InChI is InChI=1S/C25H26Cl2F3N3O3/c1-31-24(35)36-32-8-6-19(7-9-32)33-10-5-16(23(33)34)12-20-21(26)13-17(14-22(20)27)15-3-2-4-18(11-15)25(28,29)30/h2-4,11,13-14,16,19H,5-10,12H2,1H3,(H,31,35). The Morgan fingerprint density at radius 1 is 1.06 bits per heavy atom. The number of benzene rings is 2. The fourth-order valence-electron chi connectivity index (χ4n) is 4.81. The number of hydroxylamine groups is 2. The molecule has 2 saturated heterocycles. The van der Waals surface area contributed by atoms with Gasteiger partial charge in [-0.15, -0.1) is 5.06 Å². The summed E-state index contributed by atoms with van der Waals surface area (Å²) in [7, 11) is 1.50. The molecule has 6 nitrogen and oxygen atoms in total. The number of amides is 2. The predicted molar refractivity (Wildman–Crippen MR) is 131 cm³/mol. The van der Waals surface area contributed by atoms with Gasteiger partial charge in [0.15, 0.2) is 0 Å². The van der Waals surface area contributed by atoms with E-state index in [9.17, 15) is 22.8 Å². The smallest absolute Gasteiger partial charge is 0.351 e. The van der Waals surface area contributed by atoms with Crippen LogP contribution >= 0.6 is 23.2 Å². The van der Waals surface area contributed by atoms with Crippen LogP contribution in [-0.4, -0.2) is 54.7 Å². The van der Waals surface area contributed by atoms with Crippen molar-refractivity contribution < 1.29 is 27.6 Å². The van der Waals surface area contributed by atoms with E-state index in [0.29, 0.717) is 72.1 Å². The van der Waals surface area contributed by atoms with E-state index in [1.165, 1.54) is 13.1 Å². The highest BCUT2D eigenvalue weighted by atomic mass is 35.5. The third-order valence-electron chi connectivity index (χ3n) is 6.75. The fraction of sp³-hybridized carbons (Fsp3) is 0.440. The number of halogens is 5. The summed E-state index contributed by atoms with van der Waals surface area (Å²) in [6.07, 6.45) is -2.56. The second-order valence-electron chi connectivity index (χ2n) is 9.01. The average molecular weight is 544 g/mol. The van der Waals surface area contributed by atoms with Crippen LogP contribution in [-0.2, 0) is 22.2 Å². The molecule has 0 spiro atoms. The molecule has 0 aliphatic carbocycles. The van der Waals surface area contributed by atoms with E-state index in [1.54, 1.807) is 23.3 Å². The molecule has 1 unspecified atom stereocenters. The molecule has 36 heavy (non-hydrogen) atoms. The Bertz CT molecular complexity index is 1110. The fourth-order valence-corrected chi connectivity index (χ4v) is 5.45. The van der Waals surface area contributed by atoms with Gasteiger partial charge >= 0.3 is 12.3 Å². The SMILES string of the molecule is CNC(=O)ON1CCC(N2CCC(Cc3c(Cl)cc(-c4cccc(C(F)(F)F)c4)cc3Cl)C2=O)CC1. The van der Waals surface area contributed by atoms with Gasteiger partial charge in [0.1, 0.15) is 0 Å². The van der Waals surface area contributed by atoms with Gasteiger partial charge in [-0.05, 0) is 66.6 Å². The van der Waals surface area contributed by atoms with Gasteiger partial charge in [0, 0.05) is 48.7 Å².